The summed E-state index contributed by atoms with van der Waals surface area (Å²) in [5, 5.41) is 2.12. The van der Waals surface area contributed by atoms with Crippen LogP contribution in [0.3, 0.4) is 0 Å². The van der Waals surface area contributed by atoms with Gasteiger partial charge in [0, 0.05) is 17.0 Å². The Bertz CT molecular complexity index is 1230. The summed E-state index contributed by atoms with van der Waals surface area (Å²) in [5.41, 5.74) is 4.83. The van der Waals surface area contributed by atoms with E-state index in [9.17, 15) is 0 Å². The molecule has 2 aromatic carbocycles. The van der Waals surface area contributed by atoms with Crippen molar-refractivity contribution in [2.75, 3.05) is 0 Å². The number of fused-ring (bicyclic) bond motifs is 4. The third kappa shape index (κ3) is 2.22. The van der Waals surface area contributed by atoms with Crippen molar-refractivity contribution in [3.8, 4) is 5.69 Å². The summed E-state index contributed by atoms with van der Waals surface area (Å²) < 4.78 is 10.4. The first-order valence-corrected chi connectivity index (χ1v) is 9.06. The first-order chi connectivity index (χ1) is 12.9. The number of hydrogen-bond acceptors (Lipinski definition) is 2. The summed E-state index contributed by atoms with van der Waals surface area (Å²) in [7, 11) is 0. The molecule has 4 nitrogen and oxygen atoms in total. The number of aryl methyl sites for hydroxylation is 1. The molecule has 128 valence electrons. The summed E-state index contributed by atoms with van der Waals surface area (Å²) >= 11 is 0. The maximum atomic E-state index is 6.12. The lowest BCUT2D eigenvalue weighted by atomic mass is 10.1. The average Bonchev–Trinajstić information content (AvgIpc) is 3.25. The number of benzene rings is 2. The van der Waals surface area contributed by atoms with Crippen LogP contribution in [0.5, 0.6) is 0 Å². The first kappa shape index (κ1) is 15.1. The Morgan fingerprint density at radius 3 is 2.85 bits per heavy atom. The molecule has 0 unspecified atom stereocenters. The van der Waals surface area contributed by atoms with Crippen LogP contribution >= 0.6 is 0 Å². The molecule has 26 heavy (non-hydrogen) atoms. The maximum Gasteiger partial charge on any atom is 0.244 e. The average molecular weight is 341 g/mol. The van der Waals surface area contributed by atoms with Crippen LogP contribution in [0.2, 0.25) is 0 Å². The van der Waals surface area contributed by atoms with Gasteiger partial charge >= 0.3 is 0 Å². The Morgan fingerprint density at radius 2 is 1.92 bits per heavy atom. The van der Waals surface area contributed by atoms with Crippen LogP contribution in [0.25, 0.3) is 38.8 Å². The van der Waals surface area contributed by atoms with Gasteiger partial charge in [0.1, 0.15) is 5.58 Å². The molecule has 0 radical (unpaired) electrons. The van der Waals surface area contributed by atoms with Crippen molar-refractivity contribution < 1.29 is 8.98 Å². The molecule has 0 N–H and O–H groups in total. The van der Waals surface area contributed by atoms with E-state index >= 15 is 0 Å². The van der Waals surface area contributed by atoms with E-state index in [4.69, 9.17) is 4.42 Å². The lowest BCUT2D eigenvalue weighted by molar-refractivity contribution is -0.571. The van der Waals surface area contributed by atoms with Crippen molar-refractivity contribution in [2.24, 2.45) is 0 Å². The number of nitrogens with zero attached hydrogens (tertiary/aromatic N) is 3. The van der Waals surface area contributed by atoms with Gasteiger partial charge in [0.25, 0.3) is 0 Å². The Labute approximate surface area is 151 Å². The highest BCUT2D eigenvalue weighted by Crippen LogP contribution is 2.30. The van der Waals surface area contributed by atoms with Gasteiger partial charge in [-0.25, -0.2) is 4.98 Å². The van der Waals surface area contributed by atoms with Gasteiger partial charge in [0.05, 0.1) is 23.3 Å². The zero-order valence-electron chi connectivity index (χ0n) is 14.6. The van der Waals surface area contributed by atoms with E-state index in [1.165, 1.54) is 5.52 Å². The monoisotopic (exact) mass is 341 g/mol. The van der Waals surface area contributed by atoms with Crippen LogP contribution < -0.4 is 4.57 Å². The molecular formula is C22H19N3O. The highest BCUT2D eigenvalue weighted by atomic mass is 16.3. The molecule has 0 amide bonds. The molecule has 0 aliphatic heterocycles. The maximum absolute atomic E-state index is 6.12. The molecule has 3 aromatic heterocycles. The van der Waals surface area contributed by atoms with Gasteiger partial charge in [-0.1, -0.05) is 55.8 Å². The van der Waals surface area contributed by atoms with E-state index in [2.05, 4.69) is 75.9 Å². The molecule has 0 spiro atoms. The number of rotatable bonds is 4. The Kier molecular flexibility index (Phi) is 3.49. The third-order valence-corrected chi connectivity index (χ3v) is 4.86. The van der Waals surface area contributed by atoms with Crippen molar-refractivity contribution in [3.05, 3.63) is 67.1 Å². The first-order valence-electron chi connectivity index (χ1n) is 9.06. The van der Waals surface area contributed by atoms with Crippen molar-refractivity contribution in [3.63, 3.8) is 0 Å². The lowest BCUT2D eigenvalue weighted by Gasteiger charge is -2.05. The number of para-hydroxylation sites is 3. The number of unbranched alkanes of at least 4 members (excludes halogenated alkanes) is 1. The summed E-state index contributed by atoms with van der Waals surface area (Å²) in [6, 6.07) is 18.7. The van der Waals surface area contributed by atoms with Gasteiger partial charge < -0.3 is 13.6 Å². The quantitative estimate of drug-likeness (QED) is 0.347. The summed E-state index contributed by atoms with van der Waals surface area (Å²) in [6.07, 6.45) is 7.59. The minimum atomic E-state index is 0.672. The highest BCUT2D eigenvalue weighted by Gasteiger charge is 2.15. The third-order valence-electron chi connectivity index (χ3n) is 4.86. The van der Waals surface area contributed by atoms with E-state index in [0.717, 1.165) is 46.9 Å². The summed E-state index contributed by atoms with van der Waals surface area (Å²) in [4.78, 5) is 4.37. The predicted octanol–water partition coefficient (Wildman–Crippen LogP) is 4.81. The van der Waals surface area contributed by atoms with Crippen molar-refractivity contribution in [1.82, 2.24) is 9.55 Å². The summed E-state index contributed by atoms with van der Waals surface area (Å²) in [5.74, 6) is 0. The molecule has 0 aliphatic carbocycles. The fourth-order valence-corrected chi connectivity index (χ4v) is 3.57. The second kappa shape index (κ2) is 5.99. The van der Waals surface area contributed by atoms with E-state index in [0.29, 0.717) is 5.71 Å². The molecule has 3 heterocycles. The predicted molar refractivity (Wildman–Crippen MR) is 102 cm³/mol. The van der Waals surface area contributed by atoms with Crippen LogP contribution in [0.15, 0.2) is 65.2 Å². The highest BCUT2D eigenvalue weighted by molar-refractivity contribution is 6.05. The Hall–Kier alpha value is -3.14. The van der Waals surface area contributed by atoms with Gasteiger partial charge in [0.2, 0.25) is 12.0 Å². The fraction of sp³-hybridized carbons (Fsp3) is 0.182. The number of aromatic nitrogens is 3. The van der Waals surface area contributed by atoms with Crippen LogP contribution in [-0.4, -0.2) is 9.55 Å². The van der Waals surface area contributed by atoms with Crippen molar-refractivity contribution >= 4 is 33.1 Å². The molecule has 4 heteroatoms. The SMILES string of the molecule is CCCCn1[c-][n+](-c2cccc3c2oc2ncccc23)c2ccccc21. The number of furan rings is 1. The van der Waals surface area contributed by atoms with Crippen LogP contribution in [0, 0.1) is 6.33 Å². The molecule has 0 saturated carbocycles. The smallest absolute Gasteiger partial charge is 0.244 e. The molecular weight excluding hydrogens is 322 g/mol. The summed E-state index contributed by atoms with van der Waals surface area (Å²) in [6.45, 7) is 3.17. The van der Waals surface area contributed by atoms with E-state index in [1.54, 1.807) is 6.20 Å². The van der Waals surface area contributed by atoms with Crippen molar-refractivity contribution in [2.45, 2.75) is 26.3 Å². The molecule has 0 fully saturated rings. The molecule has 0 aliphatic rings. The van der Waals surface area contributed by atoms with Gasteiger partial charge in [-0.15, -0.1) is 0 Å². The minimum Gasteiger partial charge on any atom is -0.443 e. The second-order valence-corrected chi connectivity index (χ2v) is 6.54. The fourth-order valence-electron chi connectivity index (χ4n) is 3.57. The van der Waals surface area contributed by atoms with Gasteiger partial charge in [-0.3, -0.25) is 0 Å². The Morgan fingerprint density at radius 1 is 1.04 bits per heavy atom. The number of pyridine rings is 1. The standard InChI is InChI=1S/C22H19N3O/c1-2-3-14-24-15-25(19-11-5-4-10-18(19)24)20-12-6-8-16-17-9-7-13-23-22(17)26-21(16)20/h4-13H,2-3,14H2,1H3. The number of hydrogen-bond donors (Lipinski definition) is 0. The van der Waals surface area contributed by atoms with Crippen molar-refractivity contribution in [1.29, 1.82) is 0 Å². The Balaban J connectivity index is 1.80. The molecule has 5 rings (SSSR count). The molecule has 0 atom stereocenters. The normalized spacial score (nSPS) is 11.7. The molecule has 0 bridgehead atoms. The second-order valence-electron chi connectivity index (χ2n) is 6.54. The van der Waals surface area contributed by atoms with E-state index in [1.807, 2.05) is 6.07 Å². The van der Waals surface area contributed by atoms with Crippen LogP contribution in [0.4, 0.5) is 0 Å². The largest absolute Gasteiger partial charge is 0.443 e. The molecule has 0 saturated heterocycles. The zero-order chi connectivity index (χ0) is 17.5. The van der Waals surface area contributed by atoms with E-state index < -0.39 is 0 Å². The van der Waals surface area contributed by atoms with Gasteiger partial charge in [-0.2, -0.15) is 0 Å². The van der Waals surface area contributed by atoms with Crippen LogP contribution in [0.1, 0.15) is 19.8 Å². The van der Waals surface area contributed by atoms with E-state index in [-0.39, 0.29) is 0 Å². The van der Waals surface area contributed by atoms with Gasteiger partial charge in [0.15, 0.2) is 0 Å². The van der Waals surface area contributed by atoms with Crippen LogP contribution in [-0.2, 0) is 6.54 Å². The lowest BCUT2D eigenvalue weighted by Crippen LogP contribution is -2.29. The zero-order valence-corrected chi connectivity index (χ0v) is 14.6. The molecule has 5 aromatic rings. The van der Waals surface area contributed by atoms with Gasteiger partial charge in [-0.05, 0) is 18.6 Å². The topological polar surface area (TPSA) is 34.8 Å². The minimum absolute atomic E-state index is 0.672. The number of imidazole rings is 1.